The number of hydrogen-bond donors (Lipinski definition) is 3. The summed E-state index contributed by atoms with van der Waals surface area (Å²) in [5.74, 6) is 2.04. The van der Waals surface area contributed by atoms with Crippen molar-refractivity contribution in [3.05, 3.63) is 59.3 Å². The Morgan fingerprint density at radius 3 is 3.06 bits per heavy atom. The predicted molar refractivity (Wildman–Crippen MR) is 145 cm³/mol. The molecule has 2 N–H and O–H groups in total. The van der Waals surface area contributed by atoms with Gasteiger partial charge in [0.25, 0.3) is 0 Å². The van der Waals surface area contributed by atoms with E-state index in [1.54, 1.807) is 7.11 Å². The first kappa shape index (κ1) is 25.4. The molecule has 1 aromatic carbocycles. The van der Waals surface area contributed by atoms with E-state index in [1.807, 2.05) is 18.2 Å². The molecule has 3 heterocycles. The highest BCUT2D eigenvalue weighted by molar-refractivity contribution is 7.83. The summed E-state index contributed by atoms with van der Waals surface area (Å²) in [6, 6.07) is 10.4. The summed E-state index contributed by atoms with van der Waals surface area (Å²) < 4.78 is 5.37. The Balaban J connectivity index is 1.32. The maximum absolute atomic E-state index is 11.7. The third-order valence-corrected chi connectivity index (χ3v) is 6.85. The molecule has 35 heavy (non-hydrogen) atoms. The minimum atomic E-state index is -0.0766. The molecular weight excluding hydrogens is 458 g/mol. The molecule has 2 atom stereocenters. The third kappa shape index (κ3) is 6.93. The highest BCUT2D eigenvalue weighted by atomic mass is 32.1. The fourth-order valence-electron chi connectivity index (χ4n) is 4.91. The molecule has 0 radical (unpaired) electrons. The molecule has 2 unspecified atom stereocenters. The van der Waals surface area contributed by atoms with Crippen molar-refractivity contribution in [1.82, 2.24) is 20.5 Å². The lowest BCUT2D eigenvalue weighted by molar-refractivity contribution is -0.119. The normalized spacial score (nSPS) is 23.7. The van der Waals surface area contributed by atoms with Gasteiger partial charge in [-0.05, 0) is 55.5 Å². The molecule has 0 spiro atoms. The van der Waals surface area contributed by atoms with E-state index >= 15 is 0 Å². The van der Waals surface area contributed by atoms with Gasteiger partial charge in [0.1, 0.15) is 5.82 Å². The topological polar surface area (TPSA) is 78.9 Å². The number of aromatic nitrogens is 1. The van der Waals surface area contributed by atoms with Crippen molar-refractivity contribution in [2.75, 3.05) is 39.8 Å². The van der Waals surface area contributed by atoms with Crippen LogP contribution in [0.3, 0.4) is 0 Å². The number of pyridine rings is 1. The number of fused-ring (bicyclic) bond motifs is 1. The highest BCUT2D eigenvalue weighted by Crippen LogP contribution is 2.28. The van der Waals surface area contributed by atoms with Crippen LogP contribution in [0.25, 0.3) is 10.9 Å². The van der Waals surface area contributed by atoms with Crippen LogP contribution < -0.4 is 15.4 Å². The van der Waals surface area contributed by atoms with Crippen molar-refractivity contribution in [2.24, 2.45) is 10.9 Å². The maximum atomic E-state index is 11.7. The van der Waals surface area contributed by atoms with E-state index in [9.17, 15) is 4.79 Å². The number of thiol groups is 1. The van der Waals surface area contributed by atoms with Gasteiger partial charge in [0, 0.05) is 42.9 Å². The van der Waals surface area contributed by atoms with Crippen LogP contribution >= 0.6 is 12.6 Å². The van der Waals surface area contributed by atoms with Gasteiger partial charge < -0.3 is 20.3 Å². The third-order valence-electron chi connectivity index (χ3n) is 6.61. The van der Waals surface area contributed by atoms with Crippen molar-refractivity contribution in [3.8, 4) is 5.88 Å². The lowest BCUT2D eigenvalue weighted by atomic mass is 9.94. The number of rotatable bonds is 8. The second kappa shape index (κ2) is 12.3. The maximum Gasteiger partial charge on any atom is 0.229 e. The van der Waals surface area contributed by atoms with Crippen LogP contribution in [0.4, 0.5) is 0 Å². The van der Waals surface area contributed by atoms with Crippen LogP contribution in [0.5, 0.6) is 5.88 Å². The molecule has 186 valence electrons. The Labute approximate surface area is 213 Å². The number of nitrogens with zero attached hydrogens (tertiary/aromatic N) is 3. The molecular formula is C27H35N5O2S. The highest BCUT2D eigenvalue weighted by Gasteiger charge is 2.22. The Kier molecular flexibility index (Phi) is 8.95. The molecule has 8 heteroatoms. The van der Waals surface area contributed by atoms with E-state index in [-0.39, 0.29) is 5.91 Å². The summed E-state index contributed by atoms with van der Waals surface area (Å²) in [6.07, 6.45) is 6.56. The average molecular weight is 494 g/mol. The van der Waals surface area contributed by atoms with Gasteiger partial charge in [-0.1, -0.05) is 31.2 Å². The van der Waals surface area contributed by atoms with E-state index < -0.39 is 0 Å². The molecule has 1 fully saturated rings. The molecule has 0 aliphatic carbocycles. The Morgan fingerprint density at radius 1 is 1.34 bits per heavy atom. The van der Waals surface area contributed by atoms with Crippen molar-refractivity contribution in [2.45, 2.75) is 32.1 Å². The molecule has 2 aromatic rings. The van der Waals surface area contributed by atoms with Gasteiger partial charge in [-0.3, -0.25) is 4.79 Å². The lowest BCUT2D eigenvalue weighted by Crippen LogP contribution is -2.41. The van der Waals surface area contributed by atoms with Gasteiger partial charge in [-0.15, -0.1) is 12.6 Å². The van der Waals surface area contributed by atoms with Gasteiger partial charge in [-0.2, -0.15) is 0 Å². The lowest BCUT2D eigenvalue weighted by Gasteiger charge is -2.34. The number of aliphatic imine (C=N–C) groups is 1. The number of methoxy groups -OCH3 is 1. The molecule has 4 rings (SSSR count). The first-order chi connectivity index (χ1) is 17.1. The number of carbonyl (C=O) groups is 1. The molecule has 2 aliphatic heterocycles. The van der Waals surface area contributed by atoms with Crippen molar-refractivity contribution >= 4 is 35.2 Å². The molecule has 0 saturated carbocycles. The fourth-order valence-corrected chi connectivity index (χ4v) is 5.03. The minimum Gasteiger partial charge on any atom is -0.481 e. The number of benzene rings is 1. The summed E-state index contributed by atoms with van der Waals surface area (Å²) in [6.45, 7) is 7.12. The second-order valence-electron chi connectivity index (χ2n) is 9.34. The molecule has 1 saturated heterocycles. The Hall–Kier alpha value is -2.68. The van der Waals surface area contributed by atoms with Crippen molar-refractivity contribution in [1.29, 1.82) is 0 Å². The minimum absolute atomic E-state index is 0.0766. The largest absolute Gasteiger partial charge is 0.481 e. The Morgan fingerprint density at radius 2 is 2.23 bits per heavy atom. The van der Waals surface area contributed by atoms with Crippen LogP contribution in [0, 0.1) is 5.92 Å². The van der Waals surface area contributed by atoms with E-state index in [4.69, 9.17) is 9.72 Å². The van der Waals surface area contributed by atoms with E-state index in [0.717, 1.165) is 42.8 Å². The molecule has 1 amide bonds. The summed E-state index contributed by atoms with van der Waals surface area (Å²) in [4.78, 5) is 23.5. The summed E-state index contributed by atoms with van der Waals surface area (Å²) in [5, 5.41) is 9.01. The van der Waals surface area contributed by atoms with E-state index in [1.165, 1.54) is 23.8 Å². The van der Waals surface area contributed by atoms with Crippen LogP contribution in [0.15, 0.2) is 58.7 Å². The molecule has 2 aliphatic rings. The zero-order valence-electron chi connectivity index (χ0n) is 20.5. The van der Waals surface area contributed by atoms with Crippen LogP contribution in [0.1, 0.15) is 37.7 Å². The summed E-state index contributed by atoms with van der Waals surface area (Å²) in [5.41, 5.74) is 3.20. The number of ether oxygens (including phenoxy) is 1. The standard InChI is InChI=1S/C27H35N5O2S/c1-19(23-9-3-7-21-11-12-26(34-2)31-27(21)23)16-32-13-5-6-20(17-32)14-28-15-22-8-4-10-25(33)30-24(18-35)29-22/h3-4,7-9,11-12,18-20,28,35H,5-6,10,13-17H2,1-2H3,(H,30,33)/b8-4-,24-18-,29-22+. The van der Waals surface area contributed by atoms with Gasteiger partial charge in [0.15, 0.2) is 0 Å². The zero-order chi connectivity index (χ0) is 24.6. The van der Waals surface area contributed by atoms with Crippen LogP contribution in [-0.2, 0) is 4.79 Å². The van der Waals surface area contributed by atoms with E-state index in [2.05, 4.69) is 64.3 Å². The molecule has 7 nitrogen and oxygen atoms in total. The van der Waals surface area contributed by atoms with Gasteiger partial charge in [0.2, 0.25) is 11.8 Å². The quantitative estimate of drug-likeness (QED) is 0.486. The van der Waals surface area contributed by atoms with Crippen molar-refractivity contribution in [3.63, 3.8) is 0 Å². The summed E-state index contributed by atoms with van der Waals surface area (Å²) in [7, 11) is 1.66. The second-order valence-corrected chi connectivity index (χ2v) is 9.60. The predicted octanol–water partition coefficient (Wildman–Crippen LogP) is 3.89. The first-order valence-corrected chi connectivity index (χ1v) is 12.8. The van der Waals surface area contributed by atoms with Crippen LogP contribution in [-0.4, -0.2) is 61.3 Å². The number of likely N-dealkylation sites (tertiary alicyclic amines) is 1. The number of carbonyl (C=O) groups excluding carboxylic acids is 1. The van der Waals surface area contributed by atoms with E-state index in [0.29, 0.717) is 36.5 Å². The fraction of sp³-hybridized carbons (Fsp3) is 0.444. The average Bonchev–Trinajstić information content (AvgIpc) is 2.86. The number of nitrogens with one attached hydrogen (secondary N) is 2. The van der Waals surface area contributed by atoms with Gasteiger partial charge in [0.05, 0.1) is 18.3 Å². The van der Waals surface area contributed by atoms with Crippen LogP contribution in [0.2, 0.25) is 0 Å². The summed E-state index contributed by atoms with van der Waals surface area (Å²) >= 11 is 4.15. The Bertz CT molecular complexity index is 1130. The molecule has 1 aromatic heterocycles. The zero-order valence-corrected chi connectivity index (χ0v) is 21.4. The number of para-hydroxylation sites is 1. The monoisotopic (exact) mass is 493 g/mol. The number of piperidine rings is 1. The van der Waals surface area contributed by atoms with Gasteiger partial charge >= 0.3 is 0 Å². The number of amides is 1. The number of hydrogen-bond acceptors (Lipinski definition) is 7. The first-order valence-electron chi connectivity index (χ1n) is 12.3. The van der Waals surface area contributed by atoms with Crippen molar-refractivity contribution < 1.29 is 9.53 Å². The molecule has 0 bridgehead atoms. The smallest absolute Gasteiger partial charge is 0.229 e. The van der Waals surface area contributed by atoms with Gasteiger partial charge in [-0.25, -0.2) is 9.98 Å². The SMILES string of the molecule is COc1ccc2cccc(C(C)CN3CCCC(CNCC4=N/C(=C/S)NC(=O)C/C=C\4)C3)c2n1.